The number of rotatable bonds is 6. The summed E-state index contributed by atoms with van der Waals surface area (Å²) in [6.45, 7) is 4.29. The molecule has 0 radical (unpaired) electrons. The van der Waals surface area contributed by atoms with E-state index in [1.165, 1.54) is 11.0 Å². The molecule has 0 spiro atoms. The lowest BCUT2D eigenvalue weighted by molar-refractivity contribution is 0.0656. The second-order valence-electron chi connectivity index (χ2n) is 7.67. The minimum Gasteiger partial charge on any atom is -0.321 e. The van der Waals surface area contributed by atoms with E-state index in [-0.39, 0.29) is 23.3 Å². The predicted molar refractivity (Wildman–Crippen MR) is 120 cm³/mol. The van der Waals surface area contributed by atoms with Crippen molar-refractivity contribution in [2.45, 2.75) is 26.7 Å². The van der Waals surface area contributed by atoms with Crippen molar-refractivity contribution in [1.82, 2.24) is 4.90 Å². The average Bonchev–Trinajstić information content (AvgIpc) is 3.03. The van der Waals surface area contributed by atoms with Gasteiger partial charge in [-0.1, -0.05) is 55.5 Å². The van der Waals surface area contributed by atoms with Gasteiger partial charge in [-0.05, 0) is 54.7 Å². The zero-order valence-electron chi connectivity index (χ0n) is 17.6. The molecule has 0 aliphatic carbocycles. The summed E-state index contributed by atoms with van der Waals surface area (Å²) in [7, 11) is 0. The Morgan fingerprint density at radius 3 is 2.39 bits per heavy atom. The normalized spacial score (nSPS) is 12.8. The van der Waals surface area contributed by atoms with Crippen LogP contribution in [0.2, 0.25) is 0 Å². The van der Waals surface area contributed by atoms with Crippen LogP contribution >= 0.6 is 0 Å². The van der Waals surface area contributed by atoms with E-state index in [1.807, 2.05) is 62.4 Å². The minimum atomic E-state index is -0.351. The highest BCUT2D eigenvalue weighted by atomic mass is 16.2. The first-order valence-electron chi connectivity index (χ1n) is 10.4. The Bertz CT molecular complexity index is 1170. The molecule has 0 unspecified atom stereocenters. The number of aryl methyl sites for hydroxylation is 2. The Balaban J connectivity index is 1.54. The Morgan fingerprint density at radius 2 is 1.65 bits per heavy atom. The smallest absolute Gasteiger partial charge is 0.261 e. The van der Waals surface area contributed by atoms with Crippen LogP contribution in [0.5, 0.6) is 0 Å². The number of para-hydroxylation sites is 1. The second-order valence-corrected chi connectivity index (χ2v) is 7.67. The molecule has 5 nitrogen and oxygen atoms in total. The van der Waals surface area contributed by atoms with Gasteiger partial charge in [0.05, 0.1) is 11.1 Å². The van der Waals surface area contributed by atoms with Gasteiger partial charge in [0.2, 0.25) is 0 Å². The number of carbonyl (C=O) groups excluding carboxylic acids is 3. The molecule has 3 aromatic rings. The molecule has 3 amide bonds. The van der Waals surface area contributed by atoms with Crippen molar-refractivity contribution in [3.8, 4) is 0 Å². The Morgan fingerprint density at radius 1 is 0.903 bits per heavy atom. The van der Waals surface area contributed by atoms with Crippen LogP contribution in [0, 0.1) is 6.92 Å². The fraction of sp³-hybridized carbons (Fsp3) is 0.192. The van der Waals surface area contributed by atoms with Gasteiger partial charge in [-0.3, -0.25) is 19.3 Å². The average molecular weight is 412 g/mol. The third-order valence-electron chi connectivity index (χ3n) is 5.68. The van der Waals surface area contributed by atoms with Crippen LogP contribution in [-0.4, -0.2) is 29.2 Å². The fourth-order valence-electron chi connectivity index (χ4n) is 3.91. The highest BCUT2D eigenvalue weighted by Gasteiger charge is 2.35. The number of imide groups is 1. The molecule has 0 bridgehead atoms. The van der Waals surface area contributed by atoms with Crippen molar-refractivity contribution in [2.75, 3.05) is 11.9 Å². The number of nitrogens with one attached hydrogen (secondary N) is 1. The molecule has 3 aromatic carbocycles. The maximum absolute atomic E-state index is 12.9. The lowest BCUT2D eigenvalue weighted by atomic mass is 10.0. The molecule has 31 heavy (non-hydrogen) atoms. The van der Waals surface area contributed by atoms with Crippen molar-refractivity contribution in [3.05, 3.63) is 100 Å². The molecular weight excluding hydrogens is 388 g/mol. The summed E-state index contributed by atoms with van der Waals surface area (Å²) in [5, 5.41) is 2.97. The molecule has 1 heterocycles. The lowest BCUT2D eigenvalue weighted by Gasteiger charge is -2.13. The van der Waals surface area contributed by atoms with E-state index in [1.54, 1.807) is 12.1 Å². The first-order chi connectivity index (χ1) is 15.0. The number of nitrogens with zero attached hydrogens (tertiary/aromatic N) is 1. The number of anilines is 1. The largest absolute Gasteiger partial charge is 0.321 e. The standard InChI is InChI=1S/C26H24N2O3/c1-3-19-11-7-8-17(2)23(19)27-24(29)20-12-13-21-22(16-20)26(31)28(25(21)30)15-14-18-9-5-4-6-10-18/h4-13,16H,3,14-15H2,1-2H3,(H,27,29). The quantitative estimate of drug-likeness (QED) is 0.600. The van der Waals surface area contributed by atoms with Crippen LogP contribution in [-0.2, 0) is 12.8 Å². The van der Waals surface area contributed by atoms with Crippen molar-refractivity contribution in [3.63, 3.8) is 0 Å². The van der Waals surface area contributed by atoms with E-state index in [0.29, 0.717) is 24.1 Å². The third-order valence-corrected chi connectivity index (χ3v) is 5.68. The van der Waals surface area contributed by atoms with Gasteiger partial charge in [0, 0.05) is 17.8 Å². The molecule has 1 aliphatic rings. The monoisotopic (exact) mass is 412 g/mol. The maximum Gasteiger partial charge on any atom is 0.261 e. The zero-order chi connectivity index (χ0) is 22.0. The summed E-state index contributed by atoms with van der Waals surface area (Å²) in [5.74, 6) is -0.958. The van der Waals surface area contributed by atoms with E-state index in [9.17, 15) is 14.4 Å². The van der Waals surface area contributed by atoms with Crippen LogP contribution in [0.25, 0.3) is 0 Å². The summed E-state index contributed by atoms with van der Waals surface area (Å²) >= 11 is 0. The first kappa shape index (κ1) is 20.5. The summed E-state index contributed by atoms with van der Waals surface area (Å²) < 4.78 is 0. The number of fused-ring (bicyclic) bond motifs is 1. The van der Waals surface area contributed by atoms with Gasteiger partial charge in [0.25, 0.3) is 17.7 Å². The van der Waals surface area contributed by atoms with Crippen LogP contribution in [0.4, 0.5) is 5.69 Å². The number of hydrogen-bond acceptors (Lipinski definition) is 3. The van der Waals surface area contributed by atoms with Crippen LogP contribution < -0.4 is 5.32 Å². The van der Waals surface area contributed by atoms with Gasteiger partial charge in [0.15, 0.2) is 0 Å². The molecule has 1 N–H and O–H groups in total. The molecule has 1 aliphatic heterocycles. The third kappa shape index (κ3) is 3.99. The first-order valence-corrected chi connectivity index (χ1v) is 10.4. The van der Waals surface area contributed by atoms with Crippen molar-refractivity contribution in [2.24, 2.45) is 0 Å². The number of carbonyl (C=O) groups is 3. The van der Waals surface area contributed by atoms with Gasteiger partial charge in [-0.15, -0.1) is 0 Å². The minimum absolute atomic E-state index is 0.284. The van der Waals surface area contributed by atoms with Gasteiger partial charge in [0.1, 0.15) is 0 Å². The summed E-state index contributed by atoms with van der Waals surface area (Å²) in [6, 6.07) is 20.3. The molecule has 4 rings (SSSR count). The van der Waals surface area contributed by atoms with Crippen molar-refractivity contribution < 1.29 is 14.4 Å². The highest BCUT2D eigenvalue weighted by Crippen LogP contribution is 2.26. The molecule has 0 saturated heterocycles. The van der Waals surface area contributed by atoms with Crippen LogP contribution in [0.15, 0.2) is 66.7 Å². The summed E-state index contributed by atoms with van der Waals surface area (Å²) in [4.78, 5) is 39.8. The number of hydrogen-bond donors (Lipinski definition) is 1. The van der Waals surface area contributed by atoms with E-state index >= 15 is 0 Å². The number of benzene rings is 3. The Kier molecular flexibility index (Phi) is 5.67. The fourth-order valence-corrected chi connectivity index (χ4v) is 3.91. The molecule has 0 atom stereocenters. The highest BCUT2D eigenvalue weighted by molar-refractivity contribution is 6.22. The Labute approximate surface area is 181 Å². The SMILES string of the molecule is CCc1cccc(C)c1NC(=O)c1ccc2c(c1)C(=O)N(CCc1ccccc1)C2=O. The maximum atomic E-state index is 12.9. The lowest BCUT2D eigenvalue weighted by Crippen LogP contribution is -2.31. The number of amides is 3. The molecular formula is C26H24N2O3. The Hall–Kier alpha value is -3.73. The van der Waals surface area contributed by atoms with Crippen LogP contribution in [0.3, 0.4) is 0 Å². The topological polar surface area (TPSA) is 66.5 Å². The second kappa shape index (κ2) is 8.56. The summed E-state index contributed by atoms with van der Waals surface area (Å²) in [6.07, 6.45) is 1.39. The van der Waals surface area contributed by atoms with E-state index in [2.05, 4.69) is 5.32 Å². The molecule has 156 valence electrons. The molecule has 5 heteroatoms. The summed E-state index contributed by atoms with van der Waals surface area (Å²) in [5.41, 5.74) is 4.87. The van der Waals surface area contributed by atoms with E-state index < -0.39 is 0 Å². The zero-order valence-corrected chi connectivity index (χ0v) is 17.6. The van der Waals surface area contributed by atoms with E-state index in [4.69, 9.17) is 0 Å². The van der Waals surface area contributed by atoms with Gasteiger partial charge >= 0.3 is 0 Å². The molecule has 0 saturated carbocycles. The van der Waals surface area contributed by atoms with Gasteiger partial charge < -0.3 is 5.32 Å². The van der Waals surface area contributed by atoms with Crippen molar-refractivity contribution in [1.29, 1.82) is 0 Å². The van der Waals surface area contributed by atoms with Crippen LogP contribution in [0.1, 0.15) is 54.7 Å². The van der Waals surface area contributed by atoms with Crippen molar-refractivity contribution >= 4 is 23.4 Å². The van der Waals surface area contributed by atoms with Gasteiger partial charge in [-0.25, -0.2) is 0 Å². The predicted octanol–water partition coefficient (Wildman–Crippen LogP) is 4.65. The van der Waals surface area contributed by atoms with Gasteiger partial charge in [-0.2, -0.15) is 0 Å². The van der Waals surface area contributed by atoms with E-state index in [0.717, 1.165) is 28.8 Å². The molecule has 0 aromatic heterocycles. The molecule has 0 fully saturated rings.